The number of rotatable bonds is 6. The minimum absolute atomic E-state index is 0.262. The minimum Gasteiger partial charge on any atom is -0.466 e. The number of aromatic nitrogens is 1. The van der Waals surface area contributed by atoms with Crippen LogP contribution in [0.5, 0.6) is 5.75 Å². The van der Waals surface area contributed by atoms with E-state index in [2.05, 4.69) is 24.6 Å². The Morgan fingerprint density at radius 2 is 2.00 bits per heavy atom. The van der Waals surface area contributed by atoms with Crippen molar-refractivity contribution in [2.45, 2.75) is 25.7 Å². The summed E-state index contributed by atoms with van der Waals surface area (Å²) >= 11 is 5.97. The SMILES string of the molecule is C[Si](C)(C)CCOCOc1cnc2ccc(Cl)cc2c1. The highest BCUT2D eigenvalue weighted by molar-refractivity contribution is 6.76. The van der Waals surface area contributed by atoms with Crippen LogP contribution < -0.4 is 4.74 Å². The lowest BCUT2D eigenvalue weighted by atomic mass is 10.2. The highest BCUT2D eigenvalue weighted by Crippen LogP contribution is 2.21. The number of fused-ring (bicyclic) bond motifs is 1. The molecule has 3 nitrogen and oxygen atoms in total. The number of benzene rings is 1. The highest BCUT2D eigenvalue weighted by atomic mass is 35.5. The first-order valence-corrected chi connectivity index (χ1v) is 10.8. The second-order valence-electron chi connectivity index (χ2n) is 5.99. The maximum absolute atomic E-state index is 5.97. The first kappa shape index (κ1) is 15.3. The van der Waals surface area contributed by atoms with Crippen LogP contribution in [0, 0.1) is 0 Å². The van der Waals surface area contributed by atoms with Crippen LogP contribution in [0.2, 0.25) is 30.7 Å². The van der Waals surface area contributed by atoms with E-state index in [-0.39, 0.29) is 6.79 Å². The summed E-state index contributed by atoms with van der Waals surface area (Å²) in [5.41, 5.74) is 0.904. The molecule has 0 saturated carbocycles. The predicted molar refractivity (Wildman–Crippen MR) is 86.4 cm³/mol. The molecule has 0 aliphatic heterocycles. The fraction of sp³-hybridized carbons (Fsp3) is 0.400. The second-order valence-corrected chi connectivity index (χ2v) is 12.0. The Morgan fingerprint density at radius 1 is 1.20 bits per heavy atom. The number of halogens is 1. The molecule has 1 aromatic heterocycles. The van der Waals surface area contributed by atoms with E-state index in [1.807, 2.05) is 24.3 Å². The number of nitrogens with zero attached hydrogens (tertiary/aromatic N) is 1. The van der Waals surface area contributed by atoms with E-state index in [0.29, 0.717) is 10.8 Å². The zero-order valence-electron chi connectivity index (χ0n) is 12.1. The van der Waals surface area contributed by atoms with Gasteiger partial charge in [-0.2, -0.15) is 0 Å². The quantitative estimate of drug-likeness (QED) is 0.444. The van der Waals surface area contributed by atoms with E-state index >= 15 is 0 Å². The van der Waals surface area contributed by atoms with E-state index < -0.39 is 8.07 Å². The van der Waals surface area contributed by atoms with Crippen molar-refractivity contribution in [1.29, 1.82) is 0 Å². The van der Waals surface area contributed by atoms with Gasteiger partial charge in [0.15, 0.2) is 6.79 Å². The Balaban J connectivity index is 1.87. The van der Waals surface area contributed by atoms with E-state index in [1.165, 1.54) is 0 Å². The van der Waals surface area contributed by atoms with E-state index in [0.717, 1.165) is 23.6 Å². The van der Waals surface area contributed by atoms with Gasteiger partial charge in [0.25, 0.3) is 0 Å². The number of hydrogen-bond donors (Lipinski definition) is 0. The Hall–Kier alpha value is -1.10. The summed E-state index contributed by atoms with van der Waals surface area (Å²) in [4.78, 5) is 4.33. The first-order valence-electron chi connectivity index (χ1n) is 6.70. The summed E-state index contributed by atoms with van der Waals surface area (Å²) < 4.78 is 11.1. The monoisotopic (exact) mass is 309 g/mol. The molecule has 0 aliphatic rings. The number of pyridine rings is 1. The lowest BCUT2D eigenvalue weighted by molar-refractivity contribution is 0.0219. The van der Waals surface area contributed by atoms with Crippen molar-refractivity contribution in [2.75, 3.05) is 13.4 Å². The summed E-state index contributed by atoms with van der Waals surface area (Å²) in [5.74, 6) is 0.702. The molecule has 0 N–H and O–H groups in total. The van der Waals surface area contributed by atoms with Crippen molar-refractivity contribution in [3.05, 3.63) is 35.5 Å². The van der Waals surface area contributed by atoms with Gasteiger partial charge in [-0.05, 0) is 30.3 Å². The third-order valence-corrected chi connectivity index (χ3v) is 4.86. The van der Waals surface area contributed by atoms with Crippen LogP contribution in [-0.4, -0.2) is 26.5 Å². The molecule has 108 valence electrons. The van der Waals surface area contributed by atoms with Gasteiger partial charge in [0.2, 0.25) is 0 Å². The Morgan fingerprint density at radius 3 is 2.75 bits per heavy atom. The maximum atomic E-state index is 5.97. The smallest absolute Gasteiger partial charge is 0.189 e. The average molecular weight is 310 g/mol. The van der Waals surface area contributed by atoms with Gasteiger partial charge in [-0.1, -0.05) is 31.2 Å². The molecule has 0 spiro atoms. The van der Waals surface area contributed by atoms with Gasteiger partial charge in [0, 0.05) is 25.1 Å². The van der Waals surface area contributed by atoms with E-state index in [9.17, 15) is 0 Å². The largest absolute Gasteiger partial charge is 0.466 e. The van der Waals surface area contributed by atoms with Crippen molar-refractivity contribution in [1.82, 2.24) is 4.98 Å². The van der Waals surface area contributed by atoms with Gasteiger partial charge in [-0.15, -0.1) is 0 Å². The van der Waals surface area contributed by atoms with Crippen LogP contribution in [0.1, 0.15) is 0 Å². The van der Waals surface area contributed by atoms with Gasteiger partial charge < -0.3 is 9.47 Å². The maximum Gasteiger partial charge on any atom is 0.189 e. The zero-order chi connectivity index (χ0) is 14.6. The summed E-state index contributed by atoms with van der Waals surface area (Å²) in [6.07, 6.45) is 1.71. The van der Waals surface area contributed by atoms with Crippen molar-refractivity contribution in [3.63, 3.8) is 0 Å². The molecule has 0 saturated heterocycles. The highest BCUT2D eigenvalue weighted by Gasteiger charge is 2.11. The van der Waals surface area contributed by atoms with Crippen LogP contribution in [-0.2, 0) is 4.74 Å². The molecule has 0 radical (unpaired) electrons. The van der Waals surface area contributed by atoms with Gasteiger partial charge in [0.05, 0.1) is 11.7 Å². The van der Waals surface area contributed by atoms with Crippen molar-refractivity contribution >= 4 is 30.6 Å². The van der Waals surface area contributed by atoms with Crippen molar-refractivity contribution < 1.29 is 9.47 Å². The van der Waals surface area contributed by atoms with Crippen LogP contribution in [0.4, 0.5) is 0 Å². The molecule has 0 atom stereocenters. The molecular formula is C15H20ClNO2Si. The molecule has 0 aliphatic carbocycles. The van der Waals surface area contributed by atoms with Crippen LogP contribution in [0.15, 0.2) is 30.5 Å². The van der Waals surface area contributed by atoms with Gasteiger partial charge in [0.1, 0.15) is 5.75 Å². The van der Waals surface area contributed by atoms with Crippen molar-refractivity contribution in [2.24, 2.45) is 0 Å². The molecule has 5 heteroatoms. The molecule has 0 amide bonds. The van der Waals surface area contributed by atoms with Gasteiger partial charge >= 0.3 is 0 Å². The number of hydrogen-bond acceptors (Lipinski definition) is 3. The Labute approximate surface area is 125 Å². The second kappa shape index (κ2) is 6.57. The van der Waals surface area contributed by atoms with Gasteiger partial charge in [-0.3, -0.25) is 4.98 Å². The lowest BCUT2D eigenvalue weighted by Crippen LogP contribution is -2.22. The zero-order valence-corrected chi connectivity index (χ0v) is 13.9. The summed E-state index contributed by atoms with van der Waals surface area (Å²) in [6, 6.07) is 8.67. The van der Waals surface area contributed by atoms with Crippen LogP contribution >= 0.6 is 11.6 Å². The summed E-state index contributed by atoms with van der Waals surface area (Å²) in [7, 11) is -1.04. The molecular weight excluding hydrogens is 290 g/mol. The van der Waals surface area contributed by atoms with E-state index in [4.69, 9.17) is 21.1 Å². The molecule has 1 heterocycles. The minimum atomic E-state index is -1.04. The topological polar surface area (TPSA) is 31.4 Å². The number of ether oxygens (including phenoxy) is 2. The van der Waals surface area contributed by atoms with E-state index in [1.54, 1.807) is 6.20 Å². The molecule has 2 rings (SSSR count). The molecule has 20 heavy (non-hydrogen) atoms. The average Bonchev–Trinajstić information content (AvgIpc) is 2.36. The first-order chi connectivity index (χ1) is 9.44. The van der Waals surface area contributed by atoms with Crippen LogP contribution in [0.3, 0.4) is 0 Å². The predicted octanol–water partition coefficient (Wildman–Crippen LogP) is 4.58. The molecule has 0 bridgehead atoms. The fourth-order valence-electron chi connectivity index (χ4n) is 1.71. The summed E-state index contributed by atoms with van der Waals surface area (Å²) in [6.45, 7) is 8.00. The fourth-order valence-corrected chi connectivity index (χ4v) is 2.65. The van der Waals surface area contributed by atoms with Crippen LogP contribution in [0.25, 0.3) is 10.9 Å². The standard InChI is InChI=1S/C15H20ClNO2Si/c1-20(2,3)7-6-18-11-19-14-9-12-8-13(16)4-5-15(12)17-10-14/h4-5,8-10H,6-7,11H2,1-3H3. The summed E-state index contributed by atoms with van der Waals surface area (Å²) in [5, 5.41) is 1.67. The Kier molecular flexibility index (Phi) is 5.02. The third-order valence-electron chi connectivity index (χ3n) is 2.92. The Bertz CT molecular complexity index is 584. The molecule has 0 fully saturated rings. The molecule has 1 aromatic carbocycles. The van der Waals surface area contributed by atoms with Crippen molar-refractivity contribution in [3.8, 4) is 5.75 Å². The molecule has 0 unspecified atom stereocenters. The lowest BCUT2D eigenvalue weighted by Gasteiger charge is -2.15. The third kappa shape index (κ3) is 4.78. The molecule has 2 aromatic rings. The normalized spacial score (nSPS) is 11.8. The van der Waals surface area contributed by atoms with Gasteiger partial charge in [-0.25, -0.2) is 0 Å².